The maximum absolute atomic E-state index is 10.8. The number of ether oxygens (including phenoxy) is 1. The van der Waals surface area contributed by atoms with E-state index in [0.717, 1.165) is 0 Å². The number of carbonyl (C=O) groups is 1. The maximum atomic E-state index is 10.8. The van der Waals surface area contributed by atoms with Crippen molar-refractivity contribution in [2.45, 2.75) is 0 Å². The van der Waals surface area contributed by atoms with Gasteiger partial charge in [0.25, 0.3) is 5.91 Å². The summed E-state index contributed by atoms with van der Waals surface area (Å²) < 4.78 is 5.06. The van der Waals surface area contributed by atoms with Crippen LogP contribution in [0, 0.1) is 0 Å². The van der Waals surface area contributed by atoms with E-state index in [2.05, 4.69) is 16.5 Å². The number of primary amides is 1. The van der Waals surface area contributed by atoms with Crippen molar-refractivity contribution in [3.8, 4) is 5.88 Å². The van der Waals surface area contributed by atoms with Crippen molar-refractivity contribution >= 4 is 5.91 Å². The van der Waals surface area contributed by atoms with Crippen LogP contribution >= 0.6 is 0 Å². The molecule has 0 unspecified atom stereocenters. The zero-order valence-electron chi connectivity index (χ0n) is 6.93. The zero-order chi connectivity index (χ0) is 9.68. The molecule has 0 atom stereocenters. The topological polar surface area (TPSA) is 78.1 Å². The number of nitrogens with two attached hydrogens (primary N) is 1. The van der Waals surface area contributed by atoms with E-state index in [4.69, 9.17) is 10.5 Å². The first-order chi connectivity index (χ1) is 6.25. The lowest BCUT2D eigenvalue weighted by Gasteiger charge is -2.03. The van der Waals surface area contributed by atoms with Crippen LogP contribution in [0.3, 0.4) is 0 Å². The molecule has 68 valence electrons. The average Bonchev–Trinajstić information content (AvgIpc) is 2.15. The van der Waals surface area contributed by atoms with E-state index in [-0.39, 0.29) is 18.2 Å². The van der Waals surface area contributed by atoms with E-state index in [1.807, 2.05) is 0 Å². The van der Waals surface area contributed by atoms with Gasteiger partial charge in [-0.05, 0) is 0 Å². The third-order valence-electron chi connectivity index (χ3n) is 1.24. The van der Waals surface area contributed by atoms with Gasteiger partial charge in [0.1, 0.15) is 6.61 Å². The highest BCUT2D eigenvalue weighted by Crippen LogP contribution is 2.09. The van der Waals surface area contributed by atoms with E-state index in [1.165, 1.54) is 12.4 Å². The van der Waals surface area contributed by atoms with Crippen molar-refractivity contribution in [3.63, 3.8) is 0 Å². The van der Waals surface area contributed by atoms with Gasteiger partial charge in [0.05, 0.1) is 0 Å². The molecule has 0 bridgehead atoms. The number of nitrogens with zero attached hydrogens (tertiary/aromatic N) is 2. The van der Waals surface area contributed by atoms with Gasteiger partial charge in [-0.2, -0.15) is 0 Å². The van der Waals surface area contributed by atoms with Crippen LogP contribution in [0.25, 0.3) is 0 Å². The molecule has 0 saturated carbocycles. The minimum absolute atomic E-state index is 0.0318. The molecular formula is C8H9N3O2. The molecule has 1 rings (SSSR count). The Kier molecular flexibility index (Phi) is 2.97. The molecule has 0 aromatic carbocycles. The number of carbonyl (C=O) groups excluding carboxylic acids is 1. The summed E-state index contributed by atoms with van der Waals surface area (Å²) in [6.07, 6.45) is 4.34. The minimum atomic E-state index is -0.660. The Morgan fingerprint density at radius 1 is 1.62 bits per heavy atom. The van der Waals surface area contributed by atoms with E-state index in [9.17, 15) is 4.79 Å². The molecule has 13 heavy (non-hydrogen) atoms. The second-order valence-electron chi connectivity index (χ2n) is 2.17. The van der Waals surface area contributed by atoms with Crippen LogP contribution in [0.1, 0.15) is 10.5 Å². The fourth-order valence-electron chi connectivity index (χ4n) is 0.738. The van der Waals surface area contributed by atoms with Crippen LogP contribution < -0.4 is 10.5 Å². The summed E-state index contributed by atoms with van der Waals surface area (Å²) in [7, 11) is 0. The number of hydrogen-bond acceptors (Lipinski definition) is 4. The molecule has 0 radical (unpaired) electrons. The van der Waals surface area contributed by atoms with Gasteiger partial charge in [-0.15, -0.1) is 0 Å². The number of hydrogen-bond donors (Lipinski definition) is 1. The van der Waals surface area contributed by atoms with Crippen LogP contribution in [-0.4, -0.2) is 22.5 Å². The van der Waals surface area contributed by atoms with Gasteiger partial charge in [-0.25, -0.2) is 9.97 Å². The third-order valence-corrected chi connectivity index (χ3v) is 1.24. The fourth-order valence-corrected chi connectivity index (χ4v) is 0.738. The molecule has 0 saturated heterocycles. The number of rotatable bonds is 4. The molecule has 1 aromatic heterocycles. The smallest absolute Gasteiger partial charge is 0.272 e. The lowest BCUT2D eigenvalue weighted by Crippen LogP contribution is -2.15. The molecule has 1 amide bonds. The largest absolute Gasteiger partial charge is 0.472 e. The van der Waals surface area contributed by atoms with Crippen molar-refractivity contribution < 1.29 is 9.53 Å². The molecule has 5 nitrogen and oxygen atoms in total. The molecule has 0 aliphatic rings. The molecular weight excluding hydrogens is 170 g/mol. The lowest BCUT2D eigenvalue weighted by molar-refractivity contribution is 0.0991. The molecule has 2 N–H and O–H groups in total. The molecule has 0 fully saturated rings. The van der Waals surface area contributed by atoms with Gasteiger partial charge in [0.15, 0.2) is 5.69 Å². The van der Waals surface area contributed by atoms with Gasteiger partial charge in [0.2, 0.25) is 5.88 Å². The SMILES string of the molecule is C=CCOc1nccnc1C(N)=O. The maximum Gasteiger partial charge on any atom is 0.272 e. The number of amides is 1. The summed E-state index contributed by atoms with van der Waals surface area (Å²) in [5, 5.41) is 0. The lowest BCUT2D eigenvalue weighted by atomic mass is 10.4. The predicted molar refractivity (Wildman–Crippen MR) is 46.2 cm³/mol. The van der Waals surface area contributed by atoms with Crippen LogP contribution in [0.5, 0.6) is 5.88 Å². The summed E-state index contributed by atoms with van der Waals surface area (Å²) in [4.78, 5) is 18.3. The first kappa shape index (κ1) is 9.18. The molecule has 1 heterocycles. The molecule has 0 spiro atoms. The first-order valence-electron chi connectivity index (χ1n) is 3.60. The second kappa shape index (κ2) is 4.20. The Bertz CT molecular complexity index is 325. The van der Waals surface area contributed by atoms with Crippen LogP contribution in [0.15, 0.2) is 25.0 Å². The molecule has 5 heteroatoms. The van der Waals surface area contributed by atoms with E-state index < -0.39 is 5.91 Å². The van der Waals surface area contributed by atoms with Gasteiger partial charge in [0, 0.05) is 12.4 Å². The summed E-state index contributed by atoms with van der Waals surface area (Å²) in [6.45, 7) is 3.72. The van der Waals surface area contributed by atoms with Crippen LogP contribution in [0.4, 0.5) is 0 Å². The quantitative estimate of drug-likeness (QED) is 0.667. The predicted octanol–water partition coefficient (Wildman–Crippen LogP) is 0.140. The van der Waals surface area contributed by atoms with Crippen molar-refractivity contribution in [2.75, 3.05) is 6.61 Å². The van der Waals surface area contributed by atoms with Crippen LogP contribution in [-0.2, 0) is 0 Å². The summed E-state index contributed by atoms with van der Waals surface area (Å²) in [6, 6.07) is 0. The summed E-state index contributed by atoms with van der Waals surface area (Å²) in [5.74, 6) is -0.526. The zero-order valence-corrected chi connectivity index (χ0v) is 6.93. The fraction of sp³-hybridized carbons (Fsp3) is 0.125. The van der Waals surface area contributed by atoms with Crippen molar-refractivity contribution in [1.82, 2.24) is 9.97 Å². The highest BCUT2D eigenvalue weighted by atomic mass is 16.5. The molecule has 0 aliphatic carbocycles. The Labute approximate surface area is 75.3 Å². The van der Waals surface area contributed by atoms with Crippen molar-refractivity contribution in [3.05, 3.63) is 30.7 Å². The van der Waals surface area contributed by atoms with Gasteiger partial charge >= 0.3 is 0 Å². The normalized spacial score (nSPS) is 9.23. The van der Waals surface area contributed by atoms with Crippen molar-refractivity contribution in [2.24, 2.45) is 5.73 Å². The van der Waals surface area contributed by atoms with Gasteiger partial charge in [-0.3, -0.25) is 4.79 Å². The Hall–Kier alpha value is -1.91. The highest BCUT2D eigenvalue weighted by Gasteiger charge is 2.10. The third kappa shape index (κ3) is 2.26. The van der Waals surface area contributed by atoms with Gasteiger partial charge in [-0.1, -0.05) is 12.7 Å². The standard InChI is InChI=1S/C8H9N3O2/c1-2-5-13-8-6(7(9)12)10-3-4-11-8/h2-4H,1,5H2,(H2,9,12). The average molecular weight is 179 g/mol. The monoisotopic (exact) mass is 179 g/mol. The van der Waals surface area contributed by atoms with E-state index >= 15 is 0 Å². The number of aromatic nitrogens is 2. The first-order valence-corrected chi connectivity index (χ1v) is 3.60. The Morgan fingerprint density at radius 3 is 2.92 bits per heavy atom. The second-order valence-corrected chi connectivity index (χ2v) is 2.17. The van der Waals surface area contributed by atoms with Crippen molar-refractivity contribution in [1.29, 1.82) is 0 Å². The van der Waals surface area contributed by atoms with Gasteiger partial charge < -0.3 is 10.5 Å². The van der Waals surface area contributed by atoms with E-state index in [1.54, 1.807) is 6.08 Å². The Balaban J connectivity index is 2.90. The Morgan fingerprint density at radius 2 is 2.31 bits per heavy atom. The van der Waals surface area contributed by atoms with Crippen LogP contribution in [0.2, 0.25) is 0 Å². The molecule has 0 aliphatic heterocycles. The molecule has 1 aromatic rings. The summed E-state index contributed by atoms with van der Waals surface area (Å²) in [5.41, 5.74) is 5.07. The highest BCUT2D eigenvalue weighted by molar-refractivity contribution is 5.92. The summed E-state index contributed by atoms with van der Waals surface area (Å²) >= 11 is 0. The van der Waals surface area contributed by atoms with E-state index in [0.29, 0.717) is 0 Å². The minimum Gasteiger partial charge on any atom is -0.472 e.